The normalized spacial score (nSPS) is 11.1. The zero-order chi connectivity index (χ0) is 20.9. The van der Waals surface area contributed by atoms with Crippen LogP contribution in [-0.2, 0) is 27.5 Å². The lowest BCUT2D eigenvalue weighted by molar-refractivity contribution is -0.145. The summed E-state index contributed by atoms with van der Waals surface area (Å²) in [5.74, 6) is -0.965. The topological polar surface area (TPSA) is 82.8 Å². The van der Waals surface area contributed by atoms with Gasteiger partial charge in [0, 0.05) is 13.2 Å². The number of esters is 1. The summed E-state index contributed by atoms with van der Waals surface area (Å²) in [6, 6.07) is 20.2. The third kappa shape index (κ3) is 4.29. The SMILES string of the molecule is COCc1nn2c(=O)cc(COC(=O)C(c3ccccc3)c3ccccc3)nc2s1. The summed E-state index contributed by atoms with van der Waals surface area (Å²) in [5, 5.41) is 4.82. The number of rotatable bonds is 7. The Kier molecular flexibility index (Phi) is 5.97. The molecule has 0 bridgehead atoms. The average molecular weight is 421 g/mol. The molecule has 152 valence electrons. The quantitative estimate of drug-likeness (QED) is 0.426. The van der Waals surface area contributed by atoms with Gasteiger partial charge in [-0.3, -0.25) is 9.59 Å². The molecule has 0 atom stereocenters. The molecule has 0 amide bonds. The van der Waals surface area contributed by atoms with Gasteiger partial charge in [-0.2, -0.15) is 9.61 Å². The number of ether oxygens (including phenoxy) is 2. The van der Waals surface area contributed by atoms with Gasteiger partial charge in [0.2, 0.25) is 4.96 Å². The van der Waals surface area contributed by atoms with Crippen molar-refractivity contribution in [3.8, 4) is 0 Å². The van der Waals surface area contributed by atoms with E-state index in [1.54, 1.807) is 7.11 Å². The Balaban J connectivity index is 1.57. The summed E-state index contributed by atoms with van der Waals surface area (Å²) in [6.45, 7) is 0.200. The maximum Gasteiger partial charge on any atom is 0.318 e. The predicted molar refractivity (Wildman–Crippen MR) is 112 cm³/mol. The van der Waals surface area contributed by atoms with Gasteiger partial charge in [-0.15, -0.1) is 0 Å². The summed E-state index contributed by atoms with van der Waals surface area (Å²) < 4.78 is 11.8. The number of carbonyl (C=O) groups is 1. The fraction of sp³-hybridized carbons (Fsp3) is 0.182. The fourth-order valence-corrected chi connectivity index (χ4v) is 4.03. The molecule has 0 saturated carbocycles. The standard InChI is InChI=1S/C22H19N3O4S/c1-28-14-18-24-25-19(26)12-17(23-22(25)30-18)13-29-21(27)20(15-8-4-2-5-9-15)16-10-6-3-7-11-16/h2-12,20H,13-14H2,1H3. The number of nitrogens with zero attached hydrogens (tertiary/aromatic N) is 3. The molecule has 0 saturated heterocycles. The fourth-order valence-electron chi connectivity index (χ4n) is 3.14. The van der Waals surface area contributed by atoms with Gasteiger partial charge in [0.1, 0.15) is 17.5 Å². The summed E-state index contributed by atoms with van der Waals surface area (Å²) in [5.41, 5.74) is 1.72. The van der Waals surface area contributed by atoms with Crippen LogP contribution in [0.4, 0.5) is 0 Å². The van der Waals surface area contributed by atoms with Crippen LogP contribution in [0.2, 0.25) is 0 Å². The number of benzene rings is 2. The van der Waals surface area contributed by atoms with E-state index in [4.69, 9.17) is 9.47 Å². The minimum atomic E-state index is -0.561. The van der Waals surface area contributed by atoms with Crippen molar-refractivity contribution < 1.29 is 14.3 Å². The van der Waals surface area contributed by atoms with Crippen molar-refractivity contribution >= 4 is 22.3 Å². The Morgan fingerprint density at radius 2 is 1.67 bits per heavy atom. The van der Waals surface area contributed by atoms with Crippen molar-refractivity contribution in [1.29, 1.82) is 0 Å². The summed E-state index contributed by atoms with van der Waals surface area (Å²) in [7, 11) is 1.56. The molecule has 7 nitrogen and oxygen atoms in total. The second kappa shape index (κ2) is 8.98. The maximum absolute atomic E-state index is 13.0. The van der Waals surface area contributed by atoms with E-state index in [0.29, 0.717) is 22.3 Å². The molecular weight excluding hydrogens is 402 g/mol. The van der Waals surface area contributed by atoms with E-state index in [2.05, 4.69) is 10.1 Å². The zero-order valence-electron chi connectivity index (χ0n) is 16.2. The number of aromatic nitrogens is 3. The molecule has 0 aliphatic rings. The number of hydrogen-bond donors (Lipinski definition) is 0. The van der Waals surface area contributed by atoms with E-state index in [9.17, 15) is 9.59 Å². The van der Waals surface area contributed by atoms with E-state index in [1.807, 2.05) is 60.7 Å². The molecule has 30 heavy (non-hydrogen) atoms. The molecule has 2 heterocycles. The van der Waals surface area contributed by atoms with Crippen LogP contribution in [0.3, 0.4) is 0 Å². The van der Waals surface area contributed by atoms with Crippen molar-refractivity contribution in [3.05, 3.63) is 98.9 Å². The number of methoxy groups -OCH3 is 1. The minimum absolute atomic E-state index is 0.0990. The van der Waals surface area contributed by atoms with Gasteiger partial charge in [-0.1, -0.05) is 72.0 Å². The molecule has 0 radical (unpaired) electrons. The van der Waals surface area contributed by atoms with Crippen LogP contribution in [0, 0.1) is 0 Å². The van der Waals surface area contributed by atoms with Gasteiger partial charge in [0.15, 0.2) is 0 Å². The van der Waals surface area contributed by atoms with E-state index in [-0.39, 0.29) is 12.2 Å². The lowest BCUT2D eigenvalue weighted by Gasteiger charge is -2.17. The van der Waals surface area contributed by atoms with Crippen LogP contribution in [0.15, 0.2) is 71.5 Å². The molecule has 8 heteroatoms. The summed E-state index contributed by atoms with van der Waals surface area (Å²) in [4.78, 5) is 30.2. The van der Waals surface area contributed by atoms with Crippen LogP contribution in [0.5, 0.6) is 0 Å². The first kappa shape index (κ1) is 19.9. The van der Waals surface area contributed by atoms with Crippen molar-refractivity contribution in [2.75, 3.05) is 7.11 Å². The highest BCUT2D eigenvalue weighted by molar-refractivity contribution is 7.16. The van der Waals surface area contributed by atoms with Crippen molar-refractivity contribution in [2.45, 2.75) is 19.1 Å². The third-order valence-electron chi connectivity index (χ3n) is 4.47. The number of hydrogen-bond acceptors (Lipinski definition) is 7. The molecule has 2 aromatic heterocycles. The molecule has 0 N–H and O–H groups in total. The highest BCUT2D eigenvalue weighted by Crippen LogP contribution is 2.26. The molecule has 0 aliphatic heterocycles. The monoisotopic (exact) mass is 421 g/mol. The number of fused-ring (bicyclic) bond motifs is 1. The maximum atomic E-state index is 13.0. The highest BCUT2D eigenvalue weighted by Gasteiger charge is 2.24. The average Bonchev–Trinajstić information content (AvgIpc) is 3.17. The van der Waals surface area contributed by atoms with E-state index >= 15 is 0 Å². The van der Waals surface area contributed by atoms with Crippen LogP contribution >= 0.6 is 11.3 Å². The van der Waals surface area contributed by atoms with Crippen LogP contribution < -0.4 is 5.56 Å². The first-order valence-corrected chi connectivity index (χ1v) is 10.1. The van der Waals surface area contributed by atoms with Gasteiger partial charge >= 0.3 is 5.97 Å². The second-order valence-corrected chi connectivity index (χ2v) is 7.61. The first-order valence-electron chi connectivity index (χ1n) is 9.30. The molecule has 4 rings (SSSR count). The minimum Gasteiger partial charge on any atom is -0.458 e. The van der Waals surface area contributed by atoms with Gasteiger partial charge < -0.3 is 9.47 Å². The third-order valence-corrected chi connectivity index (χ3v) is 5.35. The molecule has 2 aromatic carbocycles. The Hall–Kier alpha value is -3.36. The van der Waals surface area contributed by atoms with Gasteiger partial charge in [0.05, 0.1) is 12.3 Å². The molecule has 0 unspecified atom stereocenters. The van der Waals surface area contributed by atoms with E-state index in [0.717, 1.165) is 11.1 Å². The molecule has 4 aromatic rings. The number of carbonyl (C=O) groups excluding carboxylic acids is 1. The highest BCUT2D eigenvalue weighted by atomic mass is 32.1. The lowest BCUT2D eigenvalue weighted by atomic mass is 9.91. The summed E-state index contributed by atoms with van der Waals surface area (Å²) in [6.07, 6.45) is 0. The smallest absolute Gasteiger partial charge is 0.318 e. The Morgan fingerprint density at radius 1 is 1.03 bits per heavy atom. The zero-order valence-corrected chi connectivity index (χ0v) is 17.0. The van der Waals surface area contributed by atoms with Crippen molar-refractivity contribution in [2.24, 2.45) is 0 Å². The molecule has 0 aliphatic carbocycles. The molecule has 0 fully saturated rings. The largest absolute Gasteiger partial charge is 0.458 e. The van der Waals surface area contributed by atoms with Crippen molar-refractivity contribution in [3.63, 3.8) is 0 Å². The second-order valence-electron chi connectivity index (χ2n) is 6.57. The van der Waals surface area contributed by atoms with Gasteiger partial charge in [0.25, 0.3) is 5.56 Å². The molecular formula is C22H19N3O4S. The Morgan fingerprint density at radius 3 is 2.27 bits per heavy atom. The Bertz CT molecular complexity index is 1170. The Labute approximate surface area is 176 Å². The van der Waals surface area contributed by atoms with Crippen LogP contribution in [0.1, 0.15) is 27.7 Å². The van der Waals surface area contributed by atoms with Crippen molar-refractivity contribution in [1.82, 2.24) is 14.6 Å². The van der Waals surface area contributed by atoms with Crippen LogP contribution in [-0.4, -0.2) is 27.7 Å². The van der Waals surface area contributed by atoms with E-state index < -0.39 is 11.9 Å². The van der Waals surface area contributed by atoms with Gasteiger partial charge in [-0.25, -0.2) is 4.98 Å². The summed E-state index contributed by atoms with van der Waals surface area (Å²) >= 11 is 1.26. The predicted octanol–water partition coefficient (Wildman–Crippen LogP) is 3.17. The van der Waals surface area contributed by atoms with Crippen LogP contribution in [0.25, 0.3) is 4.96 Å². The van der Waals surface area contributed by atoms with E-state index in [1.165, 1.54) is 21.9 Å². The lowest BCUT2D eigenvalue weighted by Crippen LogP contribution is -2.19. The van der Waals surface area contributed by atoms with Gasteiger partial charge in [-0.05, 0) is 11.1 Å². The molecule has 0 spiro atoms. The first-order chi connectivity index (χ1) is 14.7.